The lowest BCUT2D eigenvalue weighted by molar-refractivity contribution is 0.100. The van der Waals surface area contributed by atoms with Crippen LogP contribution in [0.15, 0.2) is 66.7 Å². The molecule has 4 rings (SSSR count). The largest absolute Gasteiger partial charge is 0.493 e. The van der Waals surface area contributed by atoms with E-state index in [0.29, 0.717) is 29.4 Å². The summed E-state index contributed by atoms with van der Waals surface area (Å²) < 4.78 is 19.7. The Morgan fingerprint density at radius 1 is 0.964 bits per heavy atom. The topological polar surface area (TPSA) is 78.3 Å². The molecule has 0 aromatic heterocycles. The minimum absolute atomic E-state index is 0.118. The molecule has 4 N–H and O–H groups in total. The molecule has 146 valence electrons. The summed E-state index contributed by atoms with van der Waals surface area (Å²) in [6, 6.07) is 19.6. The molecular formula is C21H21ClFN2O2P. The number of nitrogens with two attached hydrogens (primary N) is 2. The van der Waals surface area contributed by atoms with Gasteiger partial charge in [-0.1, -0.05) is 63.5 Å². The summed E-state index contributed by atoms with van der Waals surface area (Å²) in [6.45, 7) is 0.517. The monoisotopic (exact) mass is 418 g/mol. The second kappa shape index (κ2) is 10.8. The first-order chi connectivity index (χ1) is 13.6. The van der Waals surface area contributed by atoms with E-state index in [9.17, 15) is 9.18 Å². The van der Waals surface area contributed by atoms with E-state index < -0.39 is 11.7 Å². The van der Waals surface area contributed by atoms with E-state index >= 15 is 0 Å². The van der Waals surface area contributed by atoms with Gasteiger partial charge < -0.3 is 16.0 Å². The molecule has 0 saturated heterocycles. The van der Waals surface area contributed by atoms with Crippen LogP contribution >= 0.6 is 21.0 Å². The van der Waals surface area contributed by atoms with E-state index in [4.69, 9.17) is 22.1 Å². The highest BCUT2D eigenvalue weighted by Gasteiger charge is 2.24. The van der Waals surface area contributed by atoms with Gasteiger partial charge in [-0.3, -0.25) is 4.79 Å². The minimum Gasteiger partial charge on any atom is -0.493 e. The molecule has 4 nitrogen and oxygen atoms in total. The van der Waals surface area contributed by atoms with Crippen molar-refractivity contribution in [3.05, 3.63) is 88.7 Å². The Balaban J connectivity index is 0.000000296. The highest BCUT2D eigenvalue weighted by atomic mass is 35.5. The molecule has 0 radical (unpaired) electrons. The average Bonchev–Trinajstić information content (AvgIpc) is 3.20. The standard InChI is InChI=1S/C15H11ClFNO2.C6H6.H4NP/c16-10-4-5-12-8(6-7-20-12)13(10)14-9(15(18)19)2-1-3-11(14)17;1-2-4-6-5-3-1;1-2/h1-5H,6-7H2,(H2,18,19);1-6H;1-2H2. The molecule has 0 bridgehead atoms. The zero-order valence-corrected chi connectivity index (χ0v) is 17.0. The van der Waals surface area contributed by atoms with E-state index in [1.807, 2.05) is 45.8 Å². The summed E-state index contributed by atoms with van der Waals surface area (Å²) in [6.07, 6.45) is 0.623. The van der Waals surface area contributed by atoms with Crippen molar-refractivity contribution in [2.24, 2.45) is 11.2 Å². The average molecular weight is 419 g/mol. The fourth-order valence-electron chi connectivity index (χ4n) is 2.89. The van der Waals surface area contributed by atoms with Gasteiger partial charge in [0, 0.05) is 33.7 Å². The van der Waals surface area contributed by atoms with Crippen LogP contribution in [-0.2, 0) is 6.42 Å². The van der Waals surface area contributed by atoms with Crippen LogP contribution in [0.5, 0.6) is 5.75 Å². The van der Waals surface area contributed by atoms with E-state index in [-0.39, 0.29) is 11.1 Å². The second-order valence-electron chi connectivity index (χ2n) is 5.68. The van der Waals surface area contributed by atoms with Crippen LogP contribution in [0, 0.1) is 5.82 Å². The van der Waals surface area contributed by atoms with E-state index in [1.54, 1.807) is 12.1 Å². The minimum atomic E-state index is -0.688. The molecule has 1 amide bonds. The van der Waals surface area contributed by atoms with Crippen molar-refractivity contribution >= 4 is 26.9 Å². The molecule has 1 aliphatic rings. The van der Waals surface area contributed by atoms with Gasteiger partial charge in [-0.2, -0.15) is 0 Å². The number of rotatable bonds is 2. The van der Waals surface area contributed by atoms with Gasteiger partial charge in [0.25, 0.3) is 0 Å². The van der Waals surface area contributed by atoms with Crippen LogP contribution in [-0.4, -0.2) is 12.5 Å². The van der Waals surface area contributed by atoms with Crippen molar-refractivity contribution in [2.75, 3.05) is 6.61 Å². The molecule has 1 unspecified atom stereocenters. The number of halogens is 2. The summed E-state index contributed by atoms with van der Waals surface area (Å²) in [5.74, 6) is -0.543. The van der Waals surface area contributed by atoms with Gasteiger partial charge in [0.1, 0.15) is 11.6 Å². The van der Waals surface area contributed by atoms with Gasteiger partial charge in [-0.25, -0.2) is 4.39 Å². The molecule has 0 saturated carbocycles. The predicted octanol–water partition coefficient (Wildman–Crippen LogP) is 4.60. The van der Waals surface area contributed by atoms with Crippen LogP contribution < -0.4 is 16.0 Å². The zero-order chi connectivity index (χ0) is 20.5. The molecule has 0 fully saturated rings. The normalized spacial score (nSPS) is 11.1. The van der Waals surface area contributed by atoms with Crippen LogP contribution in [0.25, 0.3) is 11.1 Å². The van der Waals surface area contributed by atoms with Gasteiger partial charge in [0.05, 0.1) is 6.61 Å². The number of ether oxygens (including phenoxy) is 1. The summed E-state index contributed by atoms with van der Waals surface area (Å²) in [7, 11) is 1.92. The highest BCUT2D eigenvalue weighted by molar-refractivity contribution is 7.13. The number of amides is 1. The molecule has 1 atom stereocenters. The number of hydrogen-bond acceptors (Lipinski definition) is 3. The highest BCUT2D eigenvalue weighted by Crippen LogP contribution is 2.41. The Bertz CT molecular complexity index is 912. The fourth-order valence-corrected chi connectivity index (χ4v) is 3.16. The Morgan fingerprint density at radius 3 is 2.14 bits per heavy atom. The molecule has 3 aromatic rings. The Kier molecular flexibility index (Phi) is 8.40. The van der Waals surface area contributed by atoms with Gasteiger partial charge in [-0.05, 0) is 24.3 Å². The summed E-state index contributed by atoms with van der Waals surface area (Å²) in [5, 5.41) is 0.377. The van der Waals surface area contributed by atoms with E-state index in [1.165, 1.54) is 18.2 Å². The van der Waals surface area contributed by atoms with Gasteiger partial charge in [0.2, 0.25) is 5.91 Å². The lowest BCUT2D eigenvalue weighted by Crippen LogP contribution is -2.13. The molecule has 0 aliphatic carbocycles. The van der Waals surface area contributed by atoms with Crippen molar-refractivity contribution in [1.82, 2.24) is 0 Å². The SMILES string of the molecule is NC(=O)c1cccc(F)c1-c1c(Cl)ccc2c1CCO2.NP.c1ccccc1. The number of carbonyl (C=O) groups excluding carboxylic acids is 1. The van der Waals surface area contributed by atoms with Crippen molar-refractivity contribution in [3.63, 3.8) is 0 Å². The molecule has 7 heteroatoms. The Hall–Kier alpha value is -2.46. The third-order valence-corrected chi connectivity index (χ3v) is 4.34. The van der Waals surface area contributed by atoms with Crippen LogP contribution in [0.1, 0.15) is 15.9 Å². The number of primary amides is 1. The first-order valence-corrected chi connectivity index (χ1v) is 9.50. The first kappa shape index (κ1) is 21.8. The van der Waals surface area contributed by atoms with Crippen molar-refractivity contribution in [3.8, 4) is 16.9 Å². The zero-order valence-electron chi connectivity index (χ0n) is 15.1. The maximum atomic E-state index is 14.2. The number of carbonyl (C=O) groups is 1. The lowest BCUT2D eigenvalue weighted by atomic mass is 9.93. The van der Waals surface area contributed by atoms with Crippen LogP contribution in [0.2, 0.25) is 5.02 Å². The van der Waals surface area contributed by atoms with Crippen LogP contribution in [0.3, 0.4) is 0 Å². The third kappa shape index (κ3) is 5.08. The fraction of sp³-hybridized carbons (Fsp3) is 0.0952. The lowest BCUT2D eigenvalue weighted by Gasteiger charge is -2.13. The van der Waals surface area contributed by atoms with Crippen molar-refractivity contribution in [2.45, 2.75) is 6.42 Å². The molecule has 28 heavy (non-hydrogen) atoms. The number of fused-ring (bicyclic) bond motifs is 1. The quantitative estimate of drug-likeness (QED) is 0.597. The molecule has 1 aliphatic heterocycles. The maximum absolute atomic E-state index is 14.2. The smallest absolute Gasteiger partial charge is 0.249 e. The maximum Gasteiger partial charge on any atom is 0.249 e. The summed E-state index contributed by atoms with van der Waals surface area (Å²) in [4.78, 5) is 11.5. The van der Waals surface area contributed by atoms with Crippen LogP contribution in [0.4, 0.5) is 4.39 Å². The third-order valence-electron chi connectivity index (χ3n) is 4.02. The Labute approximate surface area is 170 Å². The van der Waals surface area contributed by atoms with Gasteiger partial charge >= 0.3 is 0 Å². The van der Waals surface area contributed by atoms with E-state index in [2.05, 4.69) is 5.50 Å². The second-order valence-corrected chi connectivity index (χ2v) is 6.09. The Morgan fingerprint density at radius 2 is 1.57 bits per heavy atom. The molecular weight excluding hydrogens is 398 g/mol. The van der Waals surface area contributed by atoms with Gasteiger partial charge in [-0.15, -0.1) is 0 Å². The molecule has 0 spiro atoms. The summed E-state index contributed by atoms with van der Waals surface area (Å²) in [5.41, 5.74) is 11.3. The summed E-state index contributed by atoms with van der Waals surface area (Å²) >= 11 is 6.22. The molecule has 1 heterocycles. The molecule has 3 aromatic carbocycles. The van der Waals surface area contributed by atoms with Crippen molar-refractivity contribution in [1.29, 1.82) is 0 Å². The number of hydrogen-bond donors (Lipinski definition) is 2. The predicted molar refractivity (Wildman–Crippen MR) is 115 cm³/mol. The van der Waals surface area contributed by atoms with Gasteiger partial charge in [0.15, 0.2) is 0 Å². The van der Waals surface area contributed by atoms with E-state index in [0.717, 1.165) is 5.56 Å². The van der Waals surface area contributed by atoms with Crippen molar-refractivity contribution < 1.29 is 13.9 Å². The first-order valence-electron chi connectivity index (χ1n) is 8.46. The number of benzene rings is 3.